The molecule has 3 aromatic rings. The lowest BCUT2D eigenvalue weighted by Crippen LogP contribution is -2.50. The van der Waals surface area contributed by atoms with Gasteiger partial charge >= 0.3 is 0 Å². The van der Waals surface area contributed by atoms with Crippen LogP contribution in [-0.2, 0) is 0 Å². The number of likely N-dealkylation sites (tertiary alicyclic amines) is 1. The number of aromatic nitrogens is 3. The van der Waals surface area contributed by atoms with E-state index in [4.69, 9.17) is 0 Å². The highest BCUT2D eigenvalue weighted by Crippen LogP contribution is 2.34. The van der Waals surface area contributed by atoms with Gasteiger partial charge in [0.15, 0.2) is 0 Å². The van der Waals surface area contributed by atoms with Gasteiger partial charge in [0.1, 0.15) is 11.5 Å². The first-order valence-corrected chi connectivity index (χ1v) is 8.83. The van der Waals surface area contributed by atoms with Gasteiger partial charge in [0, 0.05) is 17.8 Å². The Balaban J connectivity index is 1.50. The zero-order chi connectivity index (χ0) is 17.7. The number of thiophene rings is 1. The molecule has 0 aliphatic carbocycles. The zero-order valence-electron chi connectivity index (χ0n) is 13.8. The standard InChI is InChI=1S/C17H17FN4O2S/c1-9-13-5-11(18)3-4-15(13)25-16(9)17(24)21-6-12(7-21)22-8-14(10(2)23)19-20-22/h3-5,8,10,12,23H,6-7H2,1-2H3/t10-/m1/s1. The fourth-order valence-corrected chi connectivity index (χ4v) is 4.15. The predicted molar refractivity (Wildman–Crippen MR) is 92.1 cm³/mol. The van der Waals surface area contributed by atoms with Crippen molar-refractivity contribution in [1.82, 2.24) is 19.9 Å². The Morgan fingerprint density at radius 3 is 2.88 bits per heavy atom. The van der Waals surface area contributed by atoms with Crippen LogP contribution in [0.15, 0.2) is 24.4 Å². The summed E-state index contributed by atoms with van der Waals surface area (Å²) in [4.78, 5) is 15.2. The van der Waals surface area contributed by atoms with Crippen LogP contribution in [0.3, 0.4) is 0 Å². The molecule has 1 fully saturated rings. The largest absolute Gasteiger partial charge is 0.387 e. The van der Waals surface area contributed by atoms with Gasteiger partial charge in [-0.25, -0.2) is 9.07 Å². The minimum atomic E-state index is -0.659. The number of halogens is 1. The van der Waals surface area contributed by atoms with E-state index in [1.54, 1.807) is 28.8 Å². The molecule has 130 valence electrons. The summed E-state index contributed by atoms with van der Waals surface area (Å²) in [5, 5.41) is 18.2. The number of amides is 1. The lowest BCUT2D eigenvalue weighted by Gasteiger charge is -2.38. The molecule has 1 aliphatic heterocycles. The predicted octanol–water partition coefficient (Wildman–Crippen LogP) is 2.69. The maximum Gasteiger partial charge on any atom is 0.264 e. The van der Waals surface area contributed by atoms with Gasteiger partial charge in [0.2, 0.25) is 0 Å². The Morgan fingerprint density at radius 2 is 2.20 bits per heavy atom. The maximum atomic E-state index is 13.4. The van der Waals surface area contributed by atoms with Crippen LogP contribution in [0.1, 0.15) is 40.0 Å². The first kappa shape index (κ1) is 16.2. The molecule has 6 nitrogen and oxygen atoms in total. The number of aryl methyl sites for hydroxylation is 1. The number of aliphatic hydroxyl groups excluding tert-OH is 1. The van der Waals surface area contributed by atoms with Gasteiger partial charge in [0.25, 0.3) is 5.91 Å². The number of nitrogens with zero attached hydrogens (tertiary/aromatic N) is 4. The van der Waals surface area contributed by atoms with Gasteiger partial charge < -0.3 is 10.0 Å². The van der Waals surface area contributed by atoms with Crippen molar-refractivity contribution in [2.24, 2.45) is 0 Å². The maximum absolute atomic E-state index is 13.4. The van der Waals surface area contributed by atoms with Crippen LogP contribution in [0.4, 0.5) is 4.39 Å². The van der Waals surface area contributed by atoms with E-state index in [1.807, 2.05) is 6.92 Å². The highest BCUT2D eigenvalue weighted by molar-refractivity contribution is 7.21. The molecular weight excluding hydrogens is 343 g/mol. The van der Waals surface area contributed by atoms with Crippen LogP contribution in [-0.4, -0.2) is 44.0 Å². The summed E-state index contributed by atoms with van der Waals surface area (Å²) >= 11 is 1.40. The fraction of sp³-hybridized carbons (Fsp3) is 0.353. The van der Waals surface area contributed by atoms with Crippen molar-refractivity contribution >= 4 is 27.3 Å². The van der Waals surface area contributed by atoms with Crippen LogP contribution in [0, 0.1) is 12.7 Å². The molecule has 0 radical (unpaired) electrons. The third-order valence-corrected chi connectivity index (χ3v) is 5.83. The average molecular weight is 360 g/mol. The van der Waals surface area contributed by atoms with E-state index in [2.05, 4.69) is 10.3 Å². The van der Waals surface area contributed by atoms with Gasteiger partial charge in [-0.05, 0) is 43.0 Å². The number of aliphatic hydroxyl groups is 1. The number of carbonyl (C=O) groups excluding carboxylic acids is 1. The Morgan fingerprint density at radius 1 is 1.44 bits per heavy atom. The van der Waals surface area contributed by atoms with Crippen molar-refractivity contribution in [3.8, 4) is 0 Å². The molecule has 2 aromatic heterocycles. The number of benzene rings is 1. The van der Waals surface area contributed by atoms with Crippen molar-refractivity contribution < 1.29 is 14.3 Å². The summed E-state index contributed by atoms with van der Waals surface area (Å²) in [5.41, 5.74) is 1.34. The average Bonchev–Trinajstić information content (AvgIpc) is 3.12. The van der Waals surface area contributed by atoms with Gasteiger partial charge in [-0.1, -0.05) is 5.21 Å². The summed E-state index contributed by atoms with van der Waals surface area (Å²) in [7, 11) is 0. The second-order valence-electron chi connectivity index (χ2n) is 6.36. The highest BCUT2D eigenvalue weighted by atomic mass is 32.1. The van der Waals surface area contributed by atoms with E-state index >= 15 is 0 Å². The molecule has 0 unspecified atom stereocenters. The second-order valence-corrected chi connectivity index (χ2v) is 7.41. The van der Waals surface area contributed by atoms with E-state index in [0.29, 0.717) is 23.7 Å². The summed E-state index contributed by atoms with van der Waals surface area (Å²) < 4.78 is 16.0. The first-order valence-electron chi connectivity index (χ1n) is 8.01. The minimum Gasteiger partial charge on any atom is -0.387 e. The minimum absolute atomic E-state index is 0.0359. The molecule has 0 saturated carbocycles. The Labute approximate surface area is 147 Å². The lowest BCUT2D eigenvalue weighted by molar-refractivity contribution is 0.0502. The van der Waals surface area contributed by atoms with Crippen LogP contribution < -0.4 is 0 Å². The van der Waals surface area contributed by atoms with Gasteiger partial charge in [-0.15, -0.1) is 16.4 Å². The normalized spacial score (nSPS) is 16.2. The van der Waals surface area contributed by atoms with Crippen LogP contribution in [0.25, 0.3) is 10.1 Å². The lowest BCUT2D eigenvalue weighted by atomic mass is 10.1. The Hall–Kier alpha value is -2.32. The smallest absolute Gasteiger partial charge is 0.264 e. The van der Waals surface area contributed by atoms with Crippen LogP contribution >= 0.6 is 11.3 Å². The number of rotatable bonds is 3. The molecule has 3 heterocycles. The van der Waals surface area contributed by atoms with E-state index in [-0.39, 0.29) is 17.8 Å². The summed E-state index contributed by atoms with van der Waals surface area (Å²) in [5.74, 6) is -0.331. The van der Waals surface area contributed by atoms with Crippen LogP contribution in [0.2, 0.25) is 0 Å². The quantitative estimate of drug-likeness (QED) is 0.780. The molecule has 1 amide bonds. The van der Waals surface area contributed by atoms with Crippen molar-refractivity contribution in [3.63, 3.8) is 0 Å². The third-order valence-electron chi connectivity index (χ3n) is 4.57. The number of fused-ring (bicyclic) bond motifs is 1. The molecule has 1 N–H and O–H groups in total. The zero-order valence-corrected chi connectivity index (χ0v) is 14.6. The molecular formula is C17H17FN4O2S. The number of hydrogen-bond acceptors (Lipinski definition) is 5. The Kier molecular flexibility index (Phi) is 3.81. The molecule has 1 atom stereocenters. The van der Waals surface area contributed by atoms with E-state index in [1.165, 1.54) is 23.5 Å². The number of carbonyl (C=O) groups is 1. The molecule has 1 aliphatic rings. The summed E-state index contributed by atoms with van der Waals surface area (Å²) in [6.45, 7) is 4.58. The van der Waals surface area contributed by atoms with Crippen molar-refractivity contribution in [2.75, 3.05) is 13.1 Å². The Bertz CT molecular complexity index is 959. The van der Waals surface area contributed by atoms with Crippen molar-refractivity contribution in [2.45, 2.75) is 26.0 Å². The molecule has 1 aromatic carbocycles. The summed E-state index contributed by atoms with van der Waals surface area (Å²) in [6, 6.07) is 4.67. The first-order chi connectivity index (χ1) is 11.9. The fourth-order valence-electron chi connectivity index (χ4n) is 2.99. The van der Waals surface area contributed by atoms with Crippen molar-refractivity contribution in [1.29, 1.82) is 0 Å². The van der Waals surface area contributed by atoms with E-state index < -0.39 is 6.10 Å². The topological polar surface area (TPSA) is 71.2 Å². The van der Waals surface area contributed by atoms with Gasteiger partial charge in [-0.3, -0.25) is 4.79 Å². The monoisotopic (exact) mass is 360 g/mol. The SMILES string of the molecule is Cc1c(C(=O)N2CC(n3cc([C@@H](C)O)nn3)C2)sc2ccc(F)cc12. The molecule has 8 heteroatoms. The second kappa shape index (κ2) is 5.89. The molecule has 25 heavy (non-hydrogen) atoms. The van der Waals surface area contributed by atoms with Gasteiger partial charge in [-0.2, -0.15) is 0 Å². The molecule has 1 saturated heterocycles. The van der Waals surface area contributed by atoms with E-state index in [9.17, 15) is 14.3 Å². The van der Waals surface area contributed by atoms with Crippen molar-refractivity contribution in [3.05, 3.63) is 46.3 Å². The van der Waals surface area contributed by atoms with Gasteiger partial charge in [0.05, 0.1) is 23.2 Å². The highest BCUT2D eigenvalue weighted by Gasteiger charge is 2.35. The third kappa shape index (κ3) is 2.71. The van der Waals surface area contributed by atoms with Crippen LogP contribution in [0.5, 0.6) is 0 Å². The van der Waals surface area contributed by atoms with E-state index in [0.717, 1.165) is 15.6 Å². The molecule has 0 bridgehead atoms. The number of hydrogen-bond donors (Lipinski definition) is 1. The molecule has 4 rings (SSSR count). The molecule has 0 spiro atoms. The summed E-state index contributed by atoms with van der Waals surface area (Å²) in [6.07, 6.45) is 1.05.